The lowest BCUT2D eigenvalue weighted by molar-refractivity contribution is 0.415. The Hall–Kier alpha value is -3.05. The van der Waals surface area contributed by atoms with Gasteiger partial charge in [0, 0.05) is 18.7 Å². The third-order valence-corrected chi connectivity index (χ3v) is 4.69. The summed E-state index contributed by atoms with van der Waals surface area (Å²) in [6.07, 6.45) is 0. The van der Waals surface area contributed by atoms with E-state index in [1.54, 1.807) is 36.9 Å². The fraction of sp³-hybridized carbons (Fsp3) is 0.100. The molecule has 130 valence electrons. The van der Waals surface area contributed by atoms with Gasteiger partial charge >= 0.3 is 0 Å². The first-order valence-corrected chi connectivity index (χ1v) is 8.36. The Bertz CT molecular complexity index is 1160. The minimum absolute atomic E-state index is 0.198. The van der Waals surface area contributed by atoms with Crippen LogP contribution in [0, 0.1) is 0 Å². The molecule has 0 radical (unpaired) electrons. The smallest absolute Gasteiger partial charge is 0.264 e. The van der Waals surface area contributed by atoms with E-state index in [1.165, 1.54) is 0 Å². The van der Waals surface area contributed by atoms with Crippen LogP contribution in [0.4, 0.5) is 0 Å². The van der Waals surface area contributed by atoms with Crippen molar-refractivity contribution in [3.05, 3.63) is 70.0 Å². The molecule has 0 amide bonds. The molecule has 4 rings (SSSR count). The van der Waals surface area contributed by atoms with E-state index in [0.29, 0.717) is 33.0 Å². The summed E-state index contributed by atoms with van der Waals surface area (Å²) in [5, 5.41) is 4.97. The first kappa shape index (κ1) is 16.4. The van der Waals surface area contributed by atoms with Crippen molar-refractivity contribution in [2.45, 2.75) is 0 Å². The van der Waals surface area contributed by atoms with Crippen LogP contribution in [-0.2, 0) is 7.05 Å². The number of pyridine rings is 1. The van der Waals surface area contributed by atoms with Crippen molar-refractivity contribution >= 4 is 22.6 Å². The second-order valence-electron chi connectivity index (χ2n) is 5.88. The Morgan fingerprint density at radius 1 is 1.12 bits per heavy atom. The van der Waals surface area contributed by atoms with Gasteiger partial charge in [0.15, 0.2) is 5.58 Å². The molecule has 2 aromatic heterocycles. The fourth-order valence-corrected chi connectivity index (χ4v) is 3.20. The van der Waals surface area contributed by atoms with Crippen molar-refractivity contribution in [2.75, 3.05) is 7.11 Å². The molecule has 0 fully saturated rings. The SMILES string of the molecule is COc1ccc(Cl)c(-c2noc3cc(-c4ccccc4)n(C)c(=O)c23)c1. The zero-order valence-corrected chi connectivity index (χ0v) is 14.9. The topological polar surface area (TPSA) is 57.3 Å². The zero-order valence-electron chi connectivity index (χ0n) is 14.2. The van der Waals surface area contributed by atoms with Gasteiger partial charge in [-0.2, -0.15) is 0 Å². The maximum atomic E-state index is 13.0. The van der Waals surface area contributed by atoms with Crippen LogP contribution < -0.4 is 10.3 Å². The highest BCUT2D eigenvalue weighted by molar-refractivity contribution is 6.33. The summed E-state index contributed by atoms with van der Waals surface area (Å²) in [6, 6.07) is 16.7. The van der Waals surface area contributed by atoms with Gasteiger partial charge in [0.2, 0.25) is 0 Å². The van der Waals surface area contributed by atoms with Crippen LogP contribution in [-0.4, -0.2) is 16.8 Å². The van der Waals surface area contributed by atoms with Crippen LogP contribution in [0.3, 0.4) is 0 Å². The Labute approximate surface area is 154 Å². The average molecular weight is 367 g/mol. The molecule has 0 atom stereocenters. The molecule has 0 bridgehead atoms. The van der Waals surface area contributed by atoms with E-state index < -0.39 is 0 Å². The summed E-state index contributed by atoms with van der Waals surface area (Å²) < 4.78 is 12.3. The van der Waals surface area contributed by atoms with Crippen LogP contribution in [0.1, 0.15) is 0 Å². The third kappa shape index (κ3) is 2.57. The highest BCUT2D eigenvalue weighted by atomic mass is 35.5. The fourth-order valence-electron chi connectivity index (χ4n) is 2.99. The number of nitrogens with zero attached hydrogens (tertiary/aromatic N) is 2. The van der Waals surface area contributed by atoms with E-state index in [1.807, 2.05) is 36.4 Å². The summed E-state index contributed by atoms with van der Waals surface area (Å²) in [4.78, 5) is 13.0. The molecule has 2 heterocycles. The van der Waals surface area contributed by atoms with Crippen LogP contribution in [0.5, 0.6) is 5.75 Å². The molecule has 0 saturated heterocycles. The Balaban J connectivity index is 1.99. The summed E-state index contributed by atoms with van der Waals surface area (Å²) in [7, 11) is 3.30. The van der Waals surface area contributed by atoms with E-state index in [9.17, 15) is 4.79 Å². The molecule has 0 N–H and O–H groups in total. The predicted octanol–water partition coefficient (Wildman–Crippen LogP) is 4.52. The van der Waals surface area contributed by atoms with Crippen molar-refractivity contribution in [3.8, 4) is 28.3 Å². The summed E-state index contributed by atoms with van der Waals surface area (Å²) >= 11 is 6.32. The molecule has 26 heavy (non-hydrogen) atoms. The number of ether oxygens (including phenoxy) is 1. The molecule has 0 aliphatic heterocycles. The second-order valence-corrected chi connectivity index (χ2v) is 6.28. The van der Waals surface area contributed by atoms with Crippen molar-refractivity contribution in [3.63, 3.8) is 0 Å². The number of benzene rings is 2. The highest BCUT2D eigenvalue weighted by Gasteiger charge is 2.20. The molecule has 0 aliphatic rings. The van der Waals surface area contributed by atoms with Gasteiger partial charge in [-0.05, 0) is 23.8 Å². The number of hydrogen-bond acceptors (Lipinski definition) is 4. The molecule has 5 nitrogen and oxygen atoms in total. The van der Waals surface area contributed by atoms with Crippen molar-refractivity contribution in [1.82, 2.24) is 9.72 Å². The monoisotopic (exact) mass is 366 g/mol. The first-order chi connectivity index (χ1) is 12.6. The molecule has 2 aromatic carbocycles. The number of rotatable bonds is 3. The molecular weight excluding hydrogens is 352 g/mol. The van der Waals surface area contributed by atoms with Gasteiger partial charge in [0.25, 0.3) is 5.56 Å². The second kappa shape index (κ2) is 6.35. The lowest BCUT2D eigenvalue weighted by Crippen LogP contribution is -2.18. The number of halogens is 1. The number of methoxy groups -OCH3 is 1. The van der Waals surface area contributed by atoms with Crippen LogP contribution in [0.2, 0.25) is 5.02 Å². The largest absolute Gasteiger partial charge is 0.497 e. The normalized spacial score (nSPS) is 11.0. The zero-order chi connectivity index (χ0) is 18.3. The minimum atomic E-state index is -0.198. The van der Waals surface area contributed by atoms with Gasteiger partial charge in [-0.15, -0.1) is 0 Å². The van der Waals surface area contributed by atoms with Gasteiger partial charge in [-0.3, -0.25) is 4.79 Å². The van der Waals surface area contributed by atoms with Crippen molar-refractivity contribution in [2.24, 2.45) is 7.05 Å². The van der Waals surface area contributed by atoms with E-state index in [2.05, 4.69) is 5.16 Å². The predicted molar refractivity (Wildman–Crippen MR) is 102 cm³/mol. The molecule has 0 saturated carbocycles. The van der Waals surface area contributed by atoms with Crippen LogP contribution in [0.15, 0.2) is 63.9 Å². The van der Waals surface area contributed by atoms with Gasteiger partial charge < -0.3 is 13.8 Å². The van der Waals surface area contributed by atoms with Gasteiger partial charge in [0.1, 0.15) is 16.8 Å². The van der Waals surface area contributed by atoms with E-state index in [4.69, 9.17) is 20.9 Å². The van der Waals surface area contributed by atoms with Crippen molar-refractivity contribution in [1.29, 1.82) is 0 Å². The van der Waals surface area contributed by atoms with Gasteiger partial charge in [-0.25, -0.2) is 0 Å². The Morgan fingerprint density at radius 3 is 2.62 bits per heavy atom. The van der Waals surface area contributed by atoms with Gasteiger partial charge in [-0.1, -0.05) is 47.1 Å². The minimum Gasteiger partial charge on any atom is -0.497 e. The standard InChI is InChI=1S/C20H15ClN2O3/c1-23-16(12-6-4-3-5-7-12)11-17-18(20(23)24)19(22-26-17)14-10-13(25-2)8-9-15(14)21/h3-11H,1-2H3. The van der Waals surface area contributed by atoms with Gasteiger partial charge in [0.05, 0.1) is 17.8 Å². The van der Waals surface area contributed by atoms with Crippen LogP contribution in [0.25, 0.3) is 33.5 Å². The molecule has 0 unspecified atom stereocenters. The molecule has 4 aromatic rings. The van der Waals surface area contributed by atoms with E-state index in [-0.39, 0.29) is 5.56 Å². The molecular formula is C20H15ClN2O3. The maximum Gasteiger partial charge on any atom is 0.264 e. The maximum absolute atomic E-state index is 13.0. The van der Waals surface area contributed by atoms with E-state index in [0.717, 1.165) is 11.3 Å². The quantitative estimate of drug-likeness (QED) is 0.534. The summed E-state index contributed by atoms with van der Waals surface area (Å²) in [5.41, 5.74) is 2.89. The average Bonchev–Trinajstić information content (AvgIpc) is 3.09. The Morgan fingerprint density at radius 2 is 1.88 bits per heavy atom. The molecule has 0 aliphatic carbocycles. The summed E-state index contributed by atoms with van der Waals surface area (Å²) in [5.74, 6) is 0.623. The molecule has 0 spiro atoms. The highest BCUT2D eigenvalue weighted by Crippen LogP contribution is 2.35. The lowest BCUT2D eigenvalue weighted by Gasteiger charge is -2.09. The summed E-state index contributed by atoms with van der Waals surface area (Å²) in [6.45, 7) is 0. The Kier molecular flexibility index (Phi) is 4.01. The van der Waals surface area contributed by atoms with Crippen LogP contribution >= 0.6 is 11.6 Å². The third-order valence-electron chi connectivity index (χ3n) is 4.36. The lowest BCUT2D eigenvalue weighted by atomic mass is 10.1. The number of hydrogen-bond donors (Lipinski definition) is 0. The van der Waals surface area contributed by atoms with E-state index >= 15 is 0 Å². The number of aromatic nitrogens is 2. The molecule has 6 heteroatoms. The number of fused-ring (bicyclic) bond motifs is 1. The van der Waals surface area contributed by atoms with Crippen molar-refractivity contribution < 1.29 is 9.26 Å². The first-order valence-electron chi connectivity index (χ1n) is 7.99.